The van der Waals surface area contributed by atoms with Crippen molar-refractivity contribution in [2.24, 2.45) is 0 Å². The van der Waals surface area contributed by atoms with Crippen molar-refractivity contribution in [2.45, 2.75) is 12.5 Å². The van der Waals surface area contributed by atoms with Crippen molar-refractivity contribution in [3.05, 3.63) is 62.5 Å². The molecule has 1 amide bonds. The molecule has 6 nitrogen and oxygen atoms in total. The molecule has 0 unspecified atom stereocenters. The standard InChI is InChI=1S/C19H20BBr2NO5/c1-26-19(25)17(23-18(24)13-9-15(21)11-16(22)10-13)8-12-4-6-14(7-5-12)20(27-2)28-3/h4-7,9-11,17H,8H2,1-3H3,(H,23,24)/t17-/m0/s1. The first-order valence-electron chi connectivity index (χ1n) is 8.37. The summed E-state index contributed by atoms with van der Waals surface area (Å²) in [4.78, 5) is 24.8. The maximum absolute atomic E-state index is 12.6. The van der Waals surface area contributed by atoms with Crippen molar-refractivity contribution in [1.82, 2.24) is 5.32 Å². The van der Waals surface area contributed by atoms with E-state index >= 15 is 0 Å². The molecule has 1 N–H and O–H groups in total. The fourth-order valence-electron chi connectivity index (χ4n) is 2.68. The zero-order valence-electron chi connectivity index (χ0n) is 15.7. The van der Waals surface area contributed by atoms with Crippen molar-refractivity contribution >= 4 is 56.3 Å². The molecule has 9 heteroatoms. The zero-order chi connectivity index (χ0) is 20.7. The molecular weight excluding hydrogens is 493 g/mol. The Balaban J connectivity index is 2.15. The molecule has 0 spiro atoms. The van der Waals surface area contributed by atoms with Crippen LogP contribution in [0, 0.1) is 0 Å². The highest BCUT2D eigenvalue weighted by Crippen LogP contribution is 2.20. The smallest absolute Gasteiger partial charge is 0.467 e. The van der Waals surface area contributed by atoms with Crippen molar-refractivity contribution in [3.8, 4) is 0 Å². The van der Waals surface area contributed by atoms with Crippen LogP contribution in [-0.2, 0) is 25.3 Å². The summed E-state index contributed by atoms with van der Waals surface area (Å²) in [5, 5.41) is 2.74. The van der Waals surface area contributed by atoms with Crippen molar-refractivity contribution in [3.63, 3.8) is 0 Å². The first-order chi connectivity index (χ1) is 13.4. The number of carbonyl (C=O) groups excluding carboxylic acids is 2. The molecule has 0 aliphatic heterocycles. The zero-order valence-corrected chi connectivity index (χ0v) is 18.9. The molecule has 2 aromatic carbocycles. The molecule has 2 rings (SSSR count). The average Bonchev–Trinajstić information content (AvgIpc) is 2.68. The van der Waals surface area contributed by atoms with Crippen molar-refractivity contribution in [2.75, 3.05) is 21.3 Å². The fourth-order valence-corrected chi connectivity index (χ4v) is 3.97. The van der Waals surface area contributed by atoms with E-state index < -0.39 is 19.1 Å². The van der Waals surface area contributed by atoms with Crippen molar-refractivity contribution < 1.29 is 23.6 Å². The maximum Gasteiger partial charge on any atom is 0.493 e. The monoisotopic (exact) mass is 511 g/mol. The predicted octanol–water partition coefficient (Wildman–Crippen LogP) is 2.71. The first-order valence-corrected chi connectivity index (χ1v) is 9.95. The van der Waals surface area contributed by atoms with Gasteiger partial charge < -0.3 is 19.4 Å². The lowest BCUT2D eigenvalue weighted by atomic mass is 9.78. The fraction of sp³-hybridized carbons (Fsp3) is 0.263. The average molecular weight is 513 g/mol. The van der Waals surface area contributed by atoms with E-state index in [-0.39, 0.29) is 5.91 Å². The largest absolute Gasteiger partial charge is 0.493 e. The minimum absolute atomic E-state index is 0.290. The van der Waals surface area contributed by atoms with Gasteiger partial charge in [0, 0.05) is 35.1 Å². The summed E-state index contributed by atoms with van der Waals surface area (Å²) in [6.45, 7) is 0. The molecule has 148 valence electrons. The number of halogens is 2. The highest BCUT2D eigenvalue weighted by Gasteiger charge is 2.24. The third kappa shape index (κ3) is 6.17. The van der Waals surface area contributed by atoms with E-state index in [0.717, 1.165) is 20.0 Å². The van der Waals surface area contributed by atoms with Gasteiger partial charge in [-0.05, 0) is 29.2 Å². The molecule has 0 aromatic heterocycles. The Kier molecular flexibility index (Phi) is 8.69. The van der Waals surface area contributed by atoms with Crippen LogP contribution in [0.1, 0.15) is 15.9 Å². The summed E-state index contributed by atoms with van der Waals surface area (Å²) in [5.41, 5.74) is 2.14. The van der Waals surface area contributed by atoms with E-state index in [9.17, 15) is 9.59 Å². The number of rotatable bonds is 8. The summed E-state index contributed by atoms with van der Waals surface area (Å²) in [6, 6.07) is 11.8. The van der Waals surface area contributed by atoms with E-state index in [2.05, 4.69) is 37.2 Å². The molecule has 0 fully saturated rings. The van der Waals surface area contributed by atoms with Gasteiger partial charge in [0.2, 0.25) is 0 Å². The van der Waals surface area contributed by atoms with Crippen LogP contribution >= 0.6 is 31.9 Å². The van der Waals surface area contributed by atoms with E-state index in [1.54, 1.807) is 26.4 Å². The van der Waals surface area contributed by atoms with Gasteiger partial charge in [-0.2, -0.15) is 0 Å². The van der Waals surface area contributed by atoms with Gasteiger partial charge in [0.05, 0.1) is 7.11 Å². The predicted molar refractivity (Wildman–Crippen MR) is 115 cm³/mol. The lowest BCUT2D eigenvalue weighted by Gasteiger charge is -2.17. The molecule has 28 heavy (non-hydrogen) atoms. The molecule has 0 radical (unpaired) electrons. The van der Waals surface area contributed by atoms with Gasteiger partial charge in [-0.15, -0.1) is 0 Å². The van der Waals surface area contributed by atoms with Gasteiger partial charge in [-0.3, -0.25) is 4.79 Å². The van der Waals surface area contributed by atoms with Crippen LogP contribution in [0.2, 0.25) is 0 Å². The summed E-state index contributed by atoms with van der Waals surface area (Å²) < 4.78 is 16.8. The van der Waals surface area contributed by atoms with Crippen LogP contribution in [0.3, 0.4) is 0 Å². The van der Waals surface area contributed by atoms with Gasteiger partial charge in [-0.25, -0.2) is 4.79 Å². The normalized spacial score (nSPS) is 11.6. The molecule has 0 saturated heterocycles. The number of methoxy groups -OCH3 is 1. The van der Waals surface area contributed by atoms with E-state index in [4.69, 9.17) is 14.0 Å². The molecule has 0 aliphatic rings. The number of hydrogen-bond donors (Lipinski definition) is 1. The number of nitrogens with one attached hydrogen (secondary N) is 1. The summed E-state index contributed by atoms with van der Waals surface area (Å²) in [5.74, 6) is -0.883. The second-order valence-corrected chi connectivity index (χ2v) is 7.79. The number of benzene rings is 2. The Hall–Kier alpha value is -1.68. The molecule has 0 heterocycles. The maximum atomic E-state index is 12.6. The second-order valence-electron chi connectivity index (χ2n) is 5.96. The van der Waals surface area contributed by atoms with Crippen LogP contribution < -0.4 is 10.8 Å². The molecule has 0 saturated carbocycles. The molecule has 0 aliphatic carbocycles. The Labute approximate surface area is 181 Å². The number of amides is 1. The number of carbonyl (C=O) groups is 2. The summed E-state index contributed by atoms with van der Waals surface area (Å²) in [6.07, 6.45) is 0.290. The molecule has 2 aromatic rings. The Morgan fingerprint density at radius 1 is 1.00 bits per heavy atom. The Morgan fingerprint density at radius 3 is 2.07 bits per heavy atom. The highest BCUT2D eigenvalue weighted by atomic mass is 79.9. The van der Waals surface area contributed by atoms with Crippen LogP contribution in [0.15, 0.2) is 51.4 Å². The van der Waals surface area contributed by atoms with Gasteiger partial charge in [-0.1, -0.05) is 56.1 Å². The van der Waals surface area contributed by atoms with Crippen LogP contribution in [0.4, 0.5) is 0 Å². The first kappa shape index (κ1) is 22.6. The summed E-state index contributed by atoms with van der Waals surface area (Å²) >= 11 is 6.70. The molecular formula is C19H20BBr2NO5. The third-order valence-corrected chi connectivity index (χ3v) is 4.95. The van der Waals surface area contributed by atoms with E-state index in [1.807, 2.05) is 30.3 Å². The lowest BCUT2D eigenvalue weighted by Crippen LogP contribution is -2.43. The molecule has 1 atom stereocenters. The Bertz CT molecular complexity index is 807. The van der Waals surface area contributed by atoms with Crippen LogP contribution in [-0.4, -0.2) is 46.4 Å². The van der Waals surface area contributed by atoms with Gasteiger partial charge in [0.1, 0.15) is 6.04 Å². The minimum atomic E-state index is -0.818. The van der Waals surface area contributed by atoms with Crippen LogP contribution in [0.5, 0.6) is 0 Å². The van der Waals surface area contributed by atoms with Crippen LogP contribution in [0.25, 0.3) is 0 Å². The minimum Gasteiger partial charge on any atom is -0.467 e. The topological polar surface area (TPSA) is 73.9 Å². The second kappa shape index (κ2) is 10.8. The number of esters is 1. The number of hydrogen-bond acceptors (Lipinski definition) is 5. The van der Waals surface area contributed by atoms with Gasteiger partial charge in [0.25, 0.3) is 5.91 Å². The quantitative estimate of drug-likeness (QED) is 0.435. The lowest BCUT2D eigenvalue weighted by molar-refractivity contribution is -0.142. The number of ether oxygens (including phenoxy) is 1. The highest BCUT2D eigenvalue weighted by molar-refractivity contribution is 9.11. The van der Waals surface area contributed by atoms with E-state index in [1.165, 1.54) is 7.11 Å². The Morgan fingerprint density at radius 2 is 1.57 bits per heavy atom. The van der Waals surface area contributed by atoms with Gasteiger partial charge in [0.15, 0.2) is 0 Å². The van der Waals surface area contributed by atoms with Gasteiger partial charge >= 0.3 is 13.1 Å². The SMILES string of the molecule is COB(OC)c1ccc(C[C@H](NC(=O)c2cc(Br)cc(Br)c2)C(=O)OC)cc1. The third-order valence-electron chi connectivity index (χ3n) is 4.04. The molecule has 0 bridgehead atoms. The summed E-state index contributed by atoms with van der Waals surface area (Å²) in [7, 11) is 3.96. The van der Waals surface area contributed by atoms with E-state index in [0.29, 0.717) is 12.0 Å². The van der Waals surface area contributed by atoms with Crippen molar-refractivity contribution in [1.29, 1.82) is 0 Å².